The minimum Gasteiger partial charge on any atom is -0.508 e. The maximum Gasteiger partial charge on any atom is 0.318 e. The van der Waals surface area contributed by atoms with E-state index < -0.39 is 5.92 Å². The van der Waals surface area contributed by atoms with Crippen molar-refractivity contribution in [2.75, 3.05) is 0 Å². The van der Waals surface area contributed by atoms with Crippen LogP contribution in [0, 0.1) is 6.92 Å². The van der Waals surface area contributed by atoms with E-state index in [0.717, 1.165) is 11.1 Å². The maximum atomic E-state index is 12.5. The fraction of sp³-hybridized carbons (Fsp3) is 0.278. The Morgan fingerprint density at radius 2 is 1.67 bits per heavy atom. The molecule has 0 aliphatic rings. The van der Waals surface area contributed by atoms with Crippen molar-refractivity contribution in [2.45, 2.75) is 32.8 Å². The second kappa shape index (κ2) is 6.44. The zero-order valence-electron chi connectivity index (χ0n) is 12.5. The Morgan fingerprint density at radius 1 is 1.05 bits per heavy atom. The molecule has 3 nitrogen and oxygen atoms in total. The van der Waals surface area contributed by atoms with Crippen LogP contribution >= 0.6 is 0 Å². The van der Waals surface area contributed by atoms with E-state index in [1.54, 1.807) is 24.3 Å². The van der Waals surface area contributed by atoms with Crippen LogP contribution < -0.4 is 0 Å². The van der Waals surface area contributed by atoms with Crippen molar-refractivity contribution >= 4 is 5.97 Å². The van der Waals surface area contributed by atoms with Gasteiger partial charge in [0.2, 0.25) is 0 Å². The van der Waals surface area contributed by atoms with Gasteiger partial charge in [0, 0.05) is 5.56 Å². The first-order valence-corrected chi connectivity index (χ1v) is 7.04. The van der Waals surface area contributed by atoms with Crippen molar-refractivity contribution in [3.05, 3.63) is 65.2 Å². The molecule has 3 heteroatoms. The molecule has 0 amide bonds. The summed E-state index contributed by atoms with van der Waals surface area (Å²) >= 11 is 0. The van der Waals surface area contributed by atoms with E-state index in [1.807, 2.05) is 45.0 Å². The summed E-state index contributed by atoms with van der Waals surface area (Å²) in [5.74, 6) is -0.867. The zero-order valence-corrected chi connectivity index (χ0v) is 12.5. The average molecular weight is 284 g/mol. The summed E-state index contributed by atoms with van der Waals surface area (Å²) in [6.45, 7) is 5.62. The molecule has 1 N–H and O–H groups in total. The number of esters is 1. The lowest BCUT2D eigenvalue weighted by atomic mass is 9.90. The molecule has 1 atom stereocenters. The molecule has 2 aromatic carbocycles. The third-order valence-electron chi connectivity index (χ3n) is 3.25. The highest BCUT2D eigenvalue weighted by Crippen LogP contribution is 2.32. The van der Waals surface area contributed by atoms with Gasteiger partial charge in [-0.25, -0.2) is 0 Å². The normalized spacial score (nSPS) is 12.2. The fourth-order valence-electron chi connectivity index (χ4n) is 2.23. The lowest BCUT2D eigenvalue weighted by molar-refractivity contribution is -0.148. The Labute approximate surface area is 125 Å². The largest absolute Gasteiger partial charge is 0.508 e. The van der Waals surface area contributed by atoms with Crippen LogP contribution in [0.1, 0.15) is 36.5 Å². The number of aromatic hydroxyl groups is 1. The van der Waals surface area contributed by atoms with Gasteiger partial charge in [-0.05, 0) is 32.4 Å². The van der Waals surface area contributed by atoms with Gasteiger partial charge in [-0.2, -0.15) is 0 Å². The number of ether oxygens (including phenoxy) is 1. The fourth-order valence-corrected chi connectivity index (χ4v) is 2.23. The Kier molecular flexibility index (Phi) is 4.63. The minimum atomic E-state index is -0.616. The second-order valence-corrected chi connectivity index (χ2v) is 5.39. The number of hydrogen-bond donors (Lipinski definition) is 1. The average Bonchev–Trinajstić information content (AvgIpc) is 2.42. The molecule has 0 saturated heterocycles. The molecule has 110 valence electrons. The van der Waals surface area contributed by atoms with E-state index in [0.29, 0.717) is 5.56 Å². The van der Waals surface area contributed by atoms with Crippen molar-refractivity contribution in [3.63, 3.8) is 0 Å². The molecule has 0 spiro atoms. The smallest absolute Gasteiger partial charge is 0.318 e. The quantitative estimate of drug-likeness (QED) is 0.869. The zero-order chi connectivity index (χ0) is 15.4. The van der Waals surface area contributed by atoms with E-state index in [4.69, 9.17) is 4.74 Å². The van der Waals surface area contributed by atoms with Gasteiger partial charge < -0.3 is 9.84 Å². The molecule has 0 aliphatic carbocycles. The van der Waals surface area contributed by atoms with Crippen LogP contribution in [0.25, 0.3) is 0 Å². The maximum absolute atomic E-state index is 12.5. The van der Waals surface area contributed by atoms with Gasteiger partial charge in [0.05, 0.1) is 6.10 Å². The molecule has 0 fully saturated rings. The molecule has 0 saturated carbocycles. The van der Waals surface area contributed by atoms with E-state index in [-0.39, 0.29) is 17.8 Å². The molecule has 1 unspecified atom stereocenters. The third-order valence-corrected chi connectivity index (χ3v) is 3.25. The standard InChI is InChI=1S/C18H20O3/c1-12(2)21-18(20)17(14-10-8-13(3)9-11-14)15-6-4-5-7-16(15)19/h4-12,17,19H,1-3H3. The Hall–Kier alpha value is -2.29. The molecule has 21 heavy (non-hydrogen) atoms. The molecule has 0 heterocycles. The first-order valence-electron chi connectivity index (χ1n) is 7.04. The van der Waals surface area contributed by atoms with Gasteiger partial charge in [-0.15, -0.1) is 0 Å². The molecule has 2 rings (SSSR count). The van der Waals surface area contributed by atoms with Gasteiger partial charge in [0.1, 0.15) is 11.7 Å². The summed E-state index contributed by atoms with van der Waals surface area (Å²) in [6, 6.07) is 14.6. The molecule has 0 aromatic heterocycles. The first-order chi connectivity index (χ1) is 9.99. The van der Waals surface area contributed by atoms with Crippen molar-refractivity contribution in [1.29, 1.82) is 0 Å². The highest BCUT2D eigenvalue weighted by Gasteiger charge is 2.27. The molecule has 0 aliphatic heterocycles. The molecule has 0 bridgehead atoms. The third kappa shape index (κ3) is 3.63. The van der Waals surface area contributed by atoms with E-state index in [1.165, 1.54) is 0 Å². The Bertz CT molecular complexity index is 615. The number of phenolic OH excluding ortho intramolecular Hbond substituents is 1. The van der Waals surface area contributed by atoms with Gasteiger partial charge >= 0.3 is 5.97 Å². The summed E-state index contributed by atoms with van der Waals surface area (Å²) < 4.78 is 5.36. The first kappa shape index (κ1) is 15.1. The SMILES string of the molecule is Cc1ccc(C(C(=O)OC(C)C)c2ccccc2O)cc1. The van der Waals surface area contributed by atoms with Crippen LogP contribution in [0.5, 0.6) is 5.75 Å². The van der Waals surface area contributed by atoms with Crippen molar-refractivity contribution in [1.82, 2.24) is 0 Å². The number of carbonyl (C=O) groups is 1. The van der Waals surface area contributed by atoms with Crippen molar-refractivity contribution < 1.29 is 14.6 Å². The summed E-state index contributed by atoms with van der Waals surface area (Å²) in [4.78, 5) is 12.5. The number of phenols is 1. The van der Waals surface area contributed by atoms with Crippen molar-refractivity contribution in [3.8, 4) is 5.75 Å². The lowest BCUT2D eigenvalue weighted by Gasteiger charge is -2.19. The molecule has 0 radical (unpaired) electrons. The number of rotatable bonds is 4. The van der Waals surface area contributed by atoms with Crippen LogP contribution in [0.3, 0.4) is 0 Å². The summed E-state index contributed by atoms with van der Waals surface area (Å²) in [5.41, 5.74) is 2.49. The number of aryl methyl sites for hydroxylation is 1. The van der Waals surface area contributed by atoms with Crippen LogP contribution in [0.15, 0.2) is 48.5 Å². The van der Waals surface area contributed by atoms with Crippen LogP contribution in [-0.4, -0.2) is 17.2 Å². The van der Waals surface area contributed by atoms with Gasteiger partial charge in [-0.3, -0.25) is 4.79 Å². The van der Waals surface area contributed by atoms with Gasteiger partial charge in [-0.1, -0.05) is 48.0 Å². The monoisotopic (exact) mass is 284 g/mol. The van der Waals surface area contributed by atoms with Gasteiger partial charge in [0.25, 0.3) is 0 Å². The highest BCUT2D eigenvalue weighted by atomic mass is 16.5. The number of carbonyl (C=O) groups excluding carboxylic acids is 1. The summed E-state index contributed by atoms with van der Waals surface area (Å²) in [7, 11) is 0. The molecular formula is C18H20O3. The highest BCUT2D eigenvalue weighted by molar-refractivity contribution is 5.83. The van der Waals surface area contributed by atoms with Gasteiger partial charge in [0.15, 0.2) is 0 Å². The molecule has 2 aromatic rings. The van der Waals surface area contributed by atoms with Crippen molar-refractivity contribution in [2.24, 2.45) is 0 Å². The van der Waals surface area contributed by atoms with E-state index >= 15 is 0 Å². The van der Waals surface area contributed by atoms with Crippen LogP contribution in [0.2, 0.25) is 0 Å². The topological polar surface area (TPSA) is 46.5 Å². The van der Waals surface area contributed by atoms with Crippen LogP contribution in [0.4, 0.5) is 0 Å². The summed E-state index contributed by atoms with van der Waals surface area (Å²) in [6.07, 6.45) is -0.198. The van der Waals surface area contributed by atoms with Crippen LogP contribution in [-0.2, 0) is 9.53 Å². The predicted molar refractivity (Wildman–Crippen MR) is 82.4 cm³/mol. The number of benzene rings is 2. The second-order valence-electron chi connectivity index (χ2n) is 5.39. The summed E-state index contributed by atoms with van der Waals surface area (Å²) in [5, 5.41) is 10.1. The minimum absolute atomic E-state index is 0.101. The molecular weight excluding hydrogens is 264 g/mol. The number of para-hydroxylation sites is 1. The number of hydrogen-bond acceptors (Lipinski definition) is 3. The lowest BCUT2D eigenvalue weighted by Crippen LogP contribution is -2.20. The Balaban J connectivity index is 2.46. The predicted octanol–water partition coefficient (Wildman–Crippen LogP) is 3.78. The van der Waals surface area contributed by atoms with E-state index in [9.17, 15) is 9.90 Å². The Morgan fingerprint density at radius 3 is 2.24 bits per heavy atom. The van der Waals surface area contributed by atoms with E-state index in [2.05, 4.69) is 0 Å².